The van der Waals surface area contributed by atoms with E-state index in [1.165, 1.54) is 30.8 Å². The van der Waals surface area contributed by atoms with Gasteiger partial charge in [0.05, 0.1) is 5.60 Å². The van der Waals surface area contributed by atoms with Crippen molar-refractivity contribution in [2.75, 3.05) is 38.2 Å². The summed E-state index contributed by atoms with van der Waals surface area (Å²) in [6, 6.07) is 1.30. The van der Waals surface area contributed by atoms with E-state index in [1.54, 1.807) is 0 Å². The SMILES string of the molecule is CC(C)N(C)CCNC1CCOC2(CCSC2)C1. The van der Waals surface area contributed by atoms with Crippen molar-refractivity contribution in [1.29, 1.82) is 0 Å². The van der Waals surface area contributed by atoms with Crippen molar-refractivity contribution in [3.05, 3.63) is 0 Å². The van der Waals surface area contributed by atoms with Crippen molar-refractivity contribution in [3.63, 3.8) is 0 Å². The number of ether oxygens (including phenoxy) is 1. The topological polar surface area (TPSA) is 24.5 Å². The van der Waals surface area contributed by atoms with Crippen LogP contribution in [0.5, 0.6) is 0 Å². The molecule has 1 spiro atoms. The van der Waals surface area contributed by atoms with Crippen LogP contribution in [0.2, 0.25) is 0 Å². The summed E-state index contributed by atoms with van der Waals surface area (Å²) in [5.41, 5.74) is 0.213. The summed E-state index contributed by atoms with van der Waals surface area (Å²) in [6.07, 6.45) is 3.64. The fraction of sp³-hybridized carbons (Fsp3) is 1.00. The Kier molecular flexibility index (Phi) is 5.36. The van der Waals surface area contributed by atoms with Crippen LogP contribution in [-0.4, -0.2) is 60.8 Å². The van der Waals surface area contributed by atoms with E-state index >= 15 is 0 Å². The average Bonchev–Trinajstić information content (AvgIpc) is 2.77. The van der Waals surface area contributed by atoms with Gasteiger partial charge in [0, 0.05) is 37.5 Å². The van der Waals surface area contributed by atoms with Crippen LogP contribution in [-0.2, 0) is 4.74 Å². The lowest BCUT2D eigenvalue weighted by Gasteiger charge is -2.38. The third-order valence-electron chi connectivity index (χ3n) is 4.34. The normalized spacial score (nSPS) is 32.8. The van der Waals surface area contributed by atoms with Crippen LogP contribution in [0.15, 0.2) is 0 Å². The molecule has 2 fully saturated rings. The van der Waals surface area contributed by atoms with Gasteiger partial charge in [-0.1, -0.05) is 0 Å². The molecule has 2 aliphatic heterocycles. The Morgan fingerprint density at radius 3 is 3.00 bits per heavy atom. The summed E-state index contributed by atoms with van der Waals surface area (Å²) in [4.78, 5) is 2.40. The van der Waals surface area contributed by atoms with Gasteiger partial charge in [-0.15, -0.1) is 0 Å². The van der Waals surface area contributed by atoms with Crippen LogP contribution in [0.25, 0.3) is 0 Å². The third kappa shape index (κ3) is 3.86. The Morgan fingerprint density at radius 1 is 1.50 bits per heavy atom. The van der Waals surface area contributed by atoms with E-state index in [0.717, 1.165) is 19.7 Å². The molecule has 0 saturated carbocycles. The Bertz CT molecular complexity index is 254. The van der Waals surface area contributed by atoms with Gasteiger partial charge in [-0.3, -0.25) is 0 Å². The minimum atomic E-state index is 0.213. The first-order valence-electron chi connectivity index (χ1n) is 7.27. The van der Waals surface area contributed by atoms with E-state index in [9.17, 15) is 0 Å². The van der Waals surface area contributed by atoms with E-state index in [1.807, 2.05) is 0 Å². The molecule has 2 unspecified atom stereocenters. The molecule has 4 heteroatoms. The smallest absolute Gasteiger partial charge is 0.0795 e. The molecule has 106 valence electrons. The minimum Gasteiger partial charge on any atom is -0.374 e. The zero-order valence-corrected chi connectivity index (χ0v) is 12.9. The zero-order chi connectivity index (χ0) is 13.0. The zero-order valence-electron chi connectivity index (χ0n) is 12.1. The van der Waals surface area contributed by atoms with Gasteiger partial charge >= 0.3 is 0 Å². The van der Waals surface area contributed by atoms with Crippen molar-refractivity contribution < 1.29 is 4.74 Å². The van der Waals surface area contributed by atoms with Crippen molar-refractivity contribution >= 4 is 11.8 Å². The lowest BCUT2D eigenvalue weighted by molar-refractivity contribution is -0.0701. The highest BCUT2D eigenvalue weighted by Crippen LogP contribution is 2.38. The van der Waals surface area contributed by atoms with Crippen LogP contribution < -0.4 is 5.32 Å². The molecule has 2 saturated heterocycles. The fourth-order valence-corrected chi connectivity index (χ4v) is 4.15. The maximum atomic E-state index is 6.05. The number of hydrogen-bond donors (Lipinski definition) is 1. The second-order valence-corrected chi connectivity index (χ2v) is 7.16. The molecule has 0 aromatic rings. The molecular weight excluding hydrogens is 244 g/mol. The van der Waals surface area contributed by atoms with Crippen molar-refractivity contribution in [3.8, 4) is 0 Å². The van der Waals surface area contributed by atoms with Crippen LogP contribution in [0.1, 0.15) is 33.1 Å². The lowest BCUT2D eigenvalue weighted by atomic mass is 9.90. The molecule has 0 aliphatic carbocycles. The molecule has 0 amide bonds. The highest BCUT2D eigenvalue weighted by atomic mass is 32.2. The number of rotatable bonds is 5. The van der Waals surface area contributed by atoms with Crippen LogP contribution in [0.4, 0.5) is 0 Å². The number of hydrogen-bond acceptors (Lipinski definition) is 4. The third-order valence-corrected chi connectivity index (χ3v) is 5.56. The molecule has 2 heterocycles. The van der Waals surface area contributed by atoms with Crippen molar-refractivity contribution in [2.24, 2.45) is 0 Å². The lowest BCUT2D eigenvalue weighted by Crippen LogP contribution is -2.48. The maximum Gasteiger partial charge on any atom is 0.0795 e. The van der Waals surface area contributed by atoms with E-state index in [4.69, 9.17) is 4.74 Å². The van der Waals surface area contributed by atoms with Gasteiger partial charge in [-0.2, -0.15) is 11.8 Å². The van der Waals surface area contributed by atoms with E-state index in [0.29, 0.717) is 12.1 Å². The summed E-state index contributed by atoms with van der Waals surface area (Å²) in [7, 11) is 2.20. The van der Waals surface area contributed by atoms with Gasteiger partial charge in [-0.05, 0) is 45.9 Å². The summed E-state index contributed by atoms with van der Waals surface area (Å²) >= 11 is 2.05. The Hall–Kier alpha value is 0.230. The second-order valence-electron chi connectivity index (χ2n) is 6.05. The summed E-state index contributed by atoms with van der Waals surface area (Å²) in [5, 5.41) is 3.73. The van der Waals surface area contributed by atoms with Gasteiger partial charge < -0.3 is 15.0 Å². The number of likely N-dealkylation sites (N-methyl/N-ethyl adjacent to an activating group) is 1. The summed E-state index contributed by atoms with van der Waals surface area (Å²) < 4.78 is 6.05. The van der Waals surface area contributed by atoms with Gasteiger partial charge in [0.15, 0.2) is 0 Å². The van der Waals surface area contributed by atoms with E-state index in [2.05, 4.69) is 42.9 Å². The van der Waals surface area contributed by atoms with Crippen LogP contribution >= 0.6 is 11.8 Å². The maximum absolute atomic E-state index is 6.05. The molecule has 0 radical (unpaired) electrons. The quantitative estimate of drug-likeness (QED) is 0.827. The molecule has 0 aromatic carbocycles. The van der Waals surface area contributed by atoms with Crippen LogP contribution in [0, 0.1) is 0 Å². The Labute approximate surface area is 116 Å². The monoisotopic (exact) mass is 272 g/mol. The minimum absolute atomic E-state index is 0.213. The number of nitrogens with zero attached hydrogens (tertiary/aromatic N) is 1. The van der Waals surface area contributed by atoms with Gasteiger partial charge in [0.2, 0.25) is 0 Å². The highest BCUT2D eigenvalue weighted by molar-refractivity contribution is 7.99. The van der Waals surface area contributed by atoms with E-state index in [-0.39, 0.29) is 5.60 Å². The first kappa shape index (κ1) is 14.6. The average molecular weight is 272 g/mol. The van der Waals surface area contributed by atoms with Gasteiger partial charge in [0.25, 0.3) is 0 Å². The predicted octanol–water partition coefficient (Wildman–Crippen LogP) is 1.97. The van der Waals surface area contributed by atoms with Crippen LogP contribution in [0.3, 0.4) is 0 Å². The predicted molar refractivity (Wildman–Crippen MR) is 79.4 cm³/mol. The second kappa shape index (κ2) is 6.60. The van der Waals surface area contributed by atoms with Crippen molar-refractivity contribution in [2.45, 2.75) is 50.8 Å². The molecule has 18 heavy (non-hydrogen) atoms. The fourth-order valence-electron chi connectivity index (χ4n) is 2.77. The molecular formula is C14H28N2OS. The summed E-state index contributed by atoms with van der Waals surface area (Å²) in [6.45, 7) is 7.68. The Morgan fingerprint density at radius 2 is 2.33 bits per heavy atom. The number of thioether (sulfide) groups is 1. The first-order chi connectivity index (χ1) is 8.61. The molecule has 2 aliphatic rings. The standard InChI is InChI=1S/C14H28N2OS/c1-12(2)16(3)7-6-15-13-4-8-17-14(10-13)5-9-18-11-14/h12-13,15H,4-11H2,1-3H3. The largest absolute Gasteiger partial charge is 0.374 e. The molecule has 1 N–H and O–H groups in total. The van der Waals surface area contributed by atoms with Gasteiger partial charge in [0.1, 0.15) is 0 Å². The molecule has 2 atom stereocenters. The van der Waals surface area contributed by atoms with E-state index < -0.39 is 0 Å². The molecule has 2 rings (SSSR count). The molecule has 0 aromatic heterocycles. The molecule has 0 bridgehead atoms. The first-order valence-corrected chi connectivity index (χ1v) is 8.42. The number of nitrogens with one attached hydrogen (secondary N) is 1. The summed E-state index contributed by atoms with van der Waals surface area (Å²) in [5.74, 6) is 2.49. The molecule has 3 nitrogen and oxygen atoms in total. The highest BCUT2D eigenvalue weighted by Gasteiger charge is 2.40. The van der Waals surface area contributed by atoms with Gasteiger partial charge in [-0.25, -0.2) is 0 Å². The Balaban J connectivity index is 1.70. The van der Waals surface area contributed by atoms with Crippen molar-refractivity contribution in [1.82, 2.24) is 10.2 Å².